The van der Waals surface area contributed by atoms with Gasteiger partial charge in [0.25, 0.3) is 0 Å². The van der Waals surface area contributed by atoms with Crippen LogP contribution in [0.1, 0.15) is 11.1 Å². The van der Waals surface area contributed by atoms with E-state index in [1.54, 1.807) is 14.2 Å². The van der Waals surface area contributed by atoms with Crippen molar-refractivity contribution in [3.63, 3.8) is 0 Å². The van der Waals surface area contributed by atoms with Gasteiger partial charge in [-0.15, -0.1) is 0 Å². The largest absolute Gasteiger partial charge is 0.497 e. The van der Waals surface area contributed by atoms with Crippen LogP contribution in [0.25, 0.3) is 0 Å². The van der Waals surface area contributed by atoms with Crippen LogP contribution in [0, 0.1) is 0 Å². The van der Waals surface area contributed by atoms with Gasteiger partial charge in [-0.05, 0) is 36.0 Å². The van der Waals surface area contributed by atoms with Crippen LogP contribution < -0.4 is 19.7 Å². The van der Waals surface area contributed by atoms with E-state index in [2.05, 4.69) is 40.5 Å². The van der Waals surface area contributed by atoms with Gasteiger partial charge in [-0.1, -0.05) is 30.3 Å². The van der Waals surface area contributed by atoms with Gasteiger partial charge >= 0.3 is 0 Å². The van der Waals surface area contributed by atoms with Crippen LogP contribution in [0.3, 0.4) is 0 Å². The van der Waals surface area contributed by atoms with Gasteiger partial charge in [0.05, 0.1) is 46.0 Å². The molecule has 27 heavy (non-hydrogen) atoms. The van der Waals surface area contributed by atoms with Crippen LogP contribution in [0.2, 0.25) is 0 Å². The smallest absolute Gasteiger partial charge is 0.169 e. The van der Waals surface area contributed by atoms with E-state index in [1.807, 2.05) is 18.2 Å². The van der Waals surface area contributed by atoms with E-state index in [-0.39, 0.29) is 0 Å². The molecule has 2 aromatic rings. The van der Waals surface area contributed by atoms with Crippen LogP contribution in [-0.2, 0) is 13.1 Å². The van der Waals surface area contributed by atoms with Gasteiger partial charge in [0.1, 0.15) is 18.0 Å². The summed E-state index contributed by atoms with van der Waals surface area (Å²) in [6.07, 6.45) is 0. The highest BCUT2D eigenvalue weighted by Gasteiger charge is 2.23. The fourth-order valence-electron chi connectivity index (χ4n) is 3.38. The minimum atomic E-state index is 0.772. The number of rotatable bonds is 6. The number of benzene rings is 2. The van der Waals surface area contributed by atoms with E-state index in [9.17, 15) is 0 Å². The van der Waals surface area contributed by atoms with E-state index in [0.717, 1.165) is 55.9 Å². The average molecular weight is 387 g/mol. The lowest BCUT2D eigenvalue weighted by Crippen LogP contribution is -3.13. The Balaban J connectivity index is 1.49. The summed E-state index contributed by atoms with van der Waals surface area (Å²) in [6, 6.07) is 16.3. The molecule has 0 saturated carbocycles. The molecule has 0 bridgehead atoms. The second-order valence-corrected chi connectivity index (χ2v) is 7.12. The van der Waals surface area contributed by atoms with Gasteiger partial charge < -0.3 is 24.6 Å². The topological polar surface area (TPSA) is 38.2 Å². The lowest BCUT2D eigenvalue weighted by Gasteiger charge is -2.34. The van der Waals surface area contributed by atoms with E-state index in [4.69, 9.17) is 21.7 Å². The average Bonchev–Trinajstić information content (AvgIpc) is 2.73. The van der Waals surface area contributed by atoms with Crippen LogP contribution in [0.4, 0.5) is 0 Å². The van der Waals surface area contributed by atoms with Gasteiger partial charge in [0.2, 0.25) is 0 Å². The molecule has 5 nitrogen and oxygen atoms in total. The van der Waals surface area contributed by atoms with Crippen molar-refractivity contribution in [2.45, 2.75) is 13.1 Å². The Kier molecular flexibility index (Phi) is 6.90. The number of hydrogen-bond acceptors (Lipinski definition) is 3. The minimum Gasteiger partial charge on any atom is -0.497 e. The first kappa shape index (κ1) is 19.5. The van der Waals surface area contributed by atoms with Crippen molar-refractivity contribution in [1.29, 1.82) is 0 Å². The van der Waals surface area contributed by atoms with E-state index in [0.29, 0.717) is 0 Å². The molecule has 2 N–H and O–H groups in total. The SMILES string of the molecule is COc1ccc(OC)c(C[NH+]2CCN(C(=S)NCc3ccccc3)CC2)c1. The van der Waals surface area contributed by atoms with E-state index < -0.39 is 0 Å². The van der Waals surface area contributed by atoms with Gasteiger partial charge in [-0.25, -0.2) is 0 Å². The summed E-state index contributed by atoms with van der Waals surface area (Å²) in [6.45, 7) is 5.72. The fourth-order valence-corrected chi connectivity index (χ4v) is 3.63. The van der Waals surface area contributed by atoms with Crippen LogP contribution in [-0.4, -0.2) is 50.4 Å². The molecular formula is C21H28N3O2S+. The summed E-state index contributed by atoms with van der Waals surface area (Å²) in [5, 5.41) is 4.22. The number of hydrogen-bond donors (Lipinski definition) is 2. The Morgan fingerprint density at radius 3 is 2.48 bits per heavy atom. The zero-order chi connectivity index (χ0) is 19.1. The third-order valence-corrected chi connectivity index (χ3v) is 5.37. The monoisotopic (exact) mass is 386 g/mol. The van der Waals surface area contributed by atoms with Crippen molar-refractivity contribution in [2.24, 2.45) is 0 Å². The zero-order valence-corrected chi connectivity index (χ0v) is 16.8. The highest BCUT2D eigenvalue weighted by atomic mass is 32.1. The minimum absolute atomic E-state index is 0.772. The number of nitrogens with one attached hydrogen (secondary N) is 2. The Morgan fingerprint density at radius 1 is 1.07 bits per heavy atom. The highest BCUT2D eigenvalue weighted by Crippen LogP contribution is 2.23. The lowest BCUT2D eigenvalue weighted by molar-refractivity contribution is -0.917. The molecule has 1 heterocycles. The molecule has 2 aromatic carbocycles. The second kappa shape index (κ2) is 9.58. The lowest BCUT2D eigenvalue weighted by atomic mass is 10.1. The summed E-state index contributed by atoms with van der Waals surface area (Å²) in [5.41, 5.74) is 2.43. The van der Waals surface area contributed by atoms with Crippen molar-refractivity contribution in [3.05, 3.63) is 59.7 Å². The Morgan fingerprint density at radius 2 is 1.81 bits per heavy atom. The molecule has 144 valence electrons. The summed E-state index contributed by atoms with van der Waals surface area (Å²) >= 11 is 5.58. The maximum Gasteiger partial charge on any atom is 0.169 e. The quantitative estimate of drug-likeness (QED) is 0.736. The molecule has 0 aromatic heterocycles. The summed E-state index contributed by atoms with van der Waals surface area (Å²) in [7, 11) is 3.41. The number of ether oxygens (including phenoxy) is 2. The van der Waals surface area contributed by atoms with Crippen LogP contribution in [0.5, 0.6) is 11.5 Å². The summed E-state index contributed by atoms with van der Waals surface area (Å²) < 4.78 is 10.9. The molecule has 0 atom stereocenters. The van der Waals surface area contributed by atoms with E-state index >= 15 is 0 Å². The molecule has 1 saturated heterocycles. The molecule has 3 rings (SSSR count). The van der Waals surface area contributed by atoms with Gasteiger partial charge in [-0.2, -0.15) is 0 Å². The van der Waals surface area contributed by atoms with Crippen molar-refractivity contribution in [1.82, 2.24) is 10.2 Å². The van der Waals surface area contributed by atoms with Crippen LogP contribution >= 0.6 is 12.2 Å². The number of piperazine rings is 1. The maximum atomic E-state index is 5.58. The molecule has 6 heteroatoms. The predicted octanol–water partition coefficient (Wildman–Crippen LogP) is 1.48. The number of methoxy groups -OCH3 is 2. The molecular weight excluding hydrogens is 358 g/mol. The van der Waals surface area contributed by atoms with Gasteiger partial charge in [0, 0.05) is 6.54 Å². The number of nitrogens with zero attached hydrogens (tertiary/aromatic N) is 1. The molecule has 1 fully saturated rings. The third kappa shape index (κ3) is 5.34. The molecule has 1 aliphatic heterocycles. The van der Waals surface area contributed by atoms with Crippen molar-refractivity contribution in [2.75, 3.05) is 40.4 Å². The molecule has 0 radical (unpaired) electrons. The first-order valence-corrected chi connectivity index (χ1v) is 9.71. The molecule has 0 amide bonds. The normalized spacial score (nSPS) is 14.7. The molecule has 1 aliphatic rings. The first-order valence-electron chi connectivity index (χ1n) is 9.30. The maximum absolute atomic E-state index is 5.58. The molecule has 0 spiro atoms. The predicted molar refractivity (Wildman–Crippen MR) is 111 cm³/mol. The van der Waals surface area contributed by atoms with E-state index in [1.165, 1.54) is 16.0 Å². The standard InChI is InChI=1S/C21H27N3O2S/c1-25-19-8-9-20(26-2)18(14-19)16-23-10-12-24(13-11-23)21(27)22-15-17-6-4-3-5-7-17/h3-9,14H,10-13,15-16H2,1-2H3,(H,22,27)/p+1. The summed E-state index contributed by atoms with van der Waals surface area (Å²) in [4.78, 5) is 3.80. The van der Waals surface area contributed by atoms with Crippen LogP contribution in [0.15, 0.2) is 48.5 Å². The summed E-state index contributed by atoms with van der Waals surface area (Å²) in [5.74, 6) is 1.79. The van der Waals surface area contributed by atoms with Crippen molar-refractivity contribution in [3.8, 4) is 11.5 Å². The number of thiocarbonyl (C=S) groups is 1. The van der Waals surface area contributed by atoms with Crippen molar-refractivity contribution < 1.29 is 14.4 Å². The van der Waals surface area contributed by atoms with Gasteiger partial charge in [-0.3, -0.25) is 0 Å². The highest BCUT2D eigenvalue weighted by molar-refractivity contribution is 7.80. The second-order valence-electron chi connectivity index (χ2n) is 6.74. The van der Waals surface area contributed by atoms with Gasteiger partial charge in [0.15, 0.2) is 5.11 Å². The number of quaternary nitrogens is 1. The Hall–Kier alpha value is -2.31. The zero-order valence-electron chi connectivity index (χ0n) is 16.0. The van der Waals surface area contributed by atoms with Crippen molar-refractivity contribution >= 4 is 17.3 Å². The first-order chi connectivity index (χ1) is 13.2. The Bertz CT molecular complexity index is 746. The fraction of sp³-hybridized carbons (Fsp3) is 0.381. The molecule has 0 aliphatic carbocycles. The molecule has 0 unspecified atom stereocenters. The Labute approximate surface area is 166 Å². The third-order valence-electron chi connectivity index (χ3n) is 4.97.